The van der Waals surface area contributed by atoms with E-state index in [2.05, 4.69) is 4.98 Å². The van der Waals surface area contributed by atoms with Crippen LogP contribution in [-0.2, 0) is 4.74 Å². The number of pyridine rings is 1. The Hall–Kier alpha value is -1.81. The van der Waals surface area contributed by atoms with Gasteiger partial charge in [-0.15, -0.1) is 0 Å². The lowest BCUT2D eigenvalue weighted by atomic mass is 10.1. The molecule has 0 saturated heterocycles. The molecule has 1 aromatic carbocycles. The molecule has 4 nitrogen and oxygen atoms in total. The molecule has 2 rings (SSSR count). The lowest BCUT2D eigenvalue weighted by molar-refractivity contribution is 0.00558. The van der Waals surface area contributed by atoms with Crippen molar-refractivity contribution < 1.29 is 9.47 Å². The van der Waals surface area contributed by atoms with Gasteiger partial charge in [-0.05, 0) is 32.0 Å². The van der Waals surface area contributed by atoms with Crippen molar-refractivity contribution in [2.45, 2.75) is 25.9 Å². The maximum Gasteiger partial charge on any atom is 0.128 e. The number of nitrogens with two attached hydrogens (primary N) is 1. The Morgan fingerprint density at radius 1 is 1.21 bits per heavy atom. The maximum absolute atomic E-state index is 5.94. The first-order valence-electron chi connectivity index (χ1n) is 6.34. The van der Waals surface area contributed by atoms with E-state index in [9.17, 15) is 0 Å². The molecule has 0 bridgehead atoms. The van der Waals surface area contributed by atoms with Crippen LogP contribution in [0, 0.1) is 0 Å². The summed E-state index contributed by atoms with van der Waals surface area (Å²) in [6.45, 7) is 4.67. The Morgan fingerprint density at radius 2 is 2.00 bits per heavy atom. The van der Waals surface area contributed by atoms with E-state index in [-0.39, 0.29) is 5.60 Å². The van der Waals surface area contributed by atoms with E-state index in [1.165, 1.54) is 0 Å². The van der Waals surface area contributed by atoms with Gasteiger partial charge >= 0.3 is 0 Å². The number of ether oxygens (including phenoxy) is 2. The number of nitrogen functional groups attached to an aromatic ring is 1. The highest BCUT2D eigenvalue weighted by Gasteiger charge is 2.16. The first-order chi connectivity index (χ1) is 9.03. The molecule has 0 aliphatic heterocycles. The molecule has 0 fully saturated rings. The van der Waals surface area contributed by atoms with Crippen LogP contribution in [0.4, 0.5) is 5.69 Å². The van der Waals surface area contributed by atoms with Crippen molar-refractivity contribution in [3.05, 3.63) is 30.6 Å². The first kappa shape index (κ1) is 13.6. The lowest BCUT2D eigenvalue weighted by Crippen LogP contribution is -2.25. The van der Waals surface area contributed by atoms with Gasteiger partial charge in [0.1, 0.15) is 5.75 Å². The summed E-state index contributed by atoms with van der Waals surface area (Å²) < 4.78 is 11.2. The van der Waals surface area contributed by atoms with Crippen LogP contribution in [0.25, 0.3) is 10.8 Å². The summed E-state index contributed by atoms with van der Waals surface area (Å²) in [5.41, 5.74) is 6.50. The molecule has 1 aromatic heterocycles. The van der Waals surface area contributed by atoms with E-state index in [1.807, 2.05) is 32.0 Å². The standard InChI is InChI=1S/C15H20N2O2/c1-15(2,18-3)7-9-19-14-5-4-13(16)11-6-8-17-10-12(11)14/h4-6,8,10H,7,9,16H2,1-3H3. The van der Waals surface area contributed by atoms with Gasteiger partial charge in [-0.1, -0.05) is 0 Å². The zero-order chi connectivity index (χ0) is 13.9. The summed E-state index contributed by atoms with van der Waals surface area (Å²) in [4.78, 5) is 4.13. The average molecular weight is 260 g/mol. The minimum absolute atomic E-state index is 0.179. The van der Waals surface area contributed by atoms with Crippen LogP contribution >= 0.6 is 0 Å². The van der Waals surface area contributed by atoms with Crippen molar-refractivity contribution in [1.82, 2.24) is 4.98 Å². The summed E-state index contributed by atoms with van der Waals surface area (Å²) >= 11 is 0. The second-order valence-corrected chi connectivity index (χ2v) is 5.14. The van der Waals surface area contributed by atoms with Gasteiger partial charge in [-0.25, -0.2) is 0 Å². The van der Waals surface area contributed by atoms with Crippen LogP contribution in [0.15, 0.2) is 30.6 Å². The van der Waals surface area contributed by atoms with Crippen LogP contribution in [0.2, 0.25) is 0 Å². The minimum atomic E-state index is -0.179. The molecule has 102 valence electrons. The van der Waals surface area contributed by atoms with Crippen molar-refractivity contribution in [2.75, 3.05) is 19.5 Å². The van der Waals surface area contributed by atoms with Gasteiger partial charge in [-0.2, -0.15) is 0 Å². The van der Waals surface area contributed by atoms with E-state index in [1.54, 1.807) is 19.5 Å². The number of aromatic nitrogens is 1. The van der Waals surface area contributed by atoms with Gasteiger partial charge < -0.3 is 15.2 Å². The zero-order valence-corrected chi connectivity index (χ0v) is 11.6. The molecule has 19 heavy (non-hydrogen) atoms. The summed E-state index contributed by atoms with van der Waals surface area (Å²) in [6.07, 6.45) is 4.33. The van der Waals surface area contributed by atoms with Crippen LogP contribution in [0.5, 0.6) is 5.75 Å². The van der Waals surface area contributed by atoms with Crippen molar-refractivity contribution in [3.63, 3.8) is 0 Å². The van der Waals surface area contributed by atoms with Gasteiger partial charge in [-0.3, -0.25) is 4.98 Å². The number of benzene rings is 1. The fraction of sp³-hybridized carbons (Fsp3) is 0.400. The van der Waals surface area contributed by atoms with Gasteiger partial charge in [0, 0.05) is 42.4 Å². The smallest absolute Gasteiger partial charge is 0.128 e. The number of rotatable bonds is 5. The number of anilines is 1. The normalized spacial score (nSPS) is 11.7. The highest BCUT2D eigenvalue weighted by Crippen LogP contribution is 2.29. The molecule has 4 heteroatoms. The molecule has 0 radical (unpaired) electrons. The lowest BCUT2D eigenvalue weighted by Gasteiger charge is -2.22. The third kappa shape index (κ3) is 3.15. The zero-order valence-electron chi connectivity index (χ0n) is 11.6. The van der Waals surface area contributed by atoms with Crippen LogP contribution < -0.4 is 10.5 Å². The maximum atomic E-state index is 5.94. The Labute approximate surface area is 113 Å². The van der Waals surface area contributed by atoms with E-state index in [0.717, 1.165) is 28.6 Å². The third-order valence-corrected chi connectivity index (χ3v) is 3.33. The SMILES string of the molecule is COC(C)(C)CCOc1ccc(N)c2ccncc12. The number of hydrogen-bond acceptors (Lipinski definition) is 4. The summed E-state index contributed by atoms with van der Waals surface area (Å²) in [5, 5.41) is 1.91. The number of fused-ring (bicyclic) bond motifs is 1. The van der Waals surface area contributed by atoms with Crippen LogP contribution in [0.3, 0.4) is 0 Å². The fourth-order valence-electron chi connectivity index (χ4n) is 1.82. The number of hydrogen-bond donors (Lipinski definition) is 1. The van der Waals surface area contributed by atoms with Gasteiger partial charge in [0.15, 0.2) is 0 Å². The van der Waals surface area contributed by atoms with E-state index in [4.69, 9.17) is 15.2 Å². The van der Waals surface area contributed by atoms with Crippen molar-refractivity contribution in [3.8, 4) is 5.75 Å². The molecule has 0 saturated carbocycles. The molecule has 0 amide bonds. The monoisotopic (exact) mass is 260 g/mol. The molecule has 0 unspecified atom stereocenters. The molecule has 0 spiro atoms. The minimum Gasteiger partial charge on any atom is -0.493 e. The number of methoxy groups -OCH3 is 1. The van der Waals surface area contributed by atoms with E-state index in [0.29, 0.717) is 6.61 Å². The van der Waals surface area contributed by atoms with Crippen LogP contribution in [-0.4, -0.2) is 24.3 Å². The predicted octanol–water partition coefficient (Wildman–Crippen LogP) is 3.01. The van der Waals surface area contributed by atoms with Crippen LogP contribution in [0.1, 0.15) is 20.3 Å². The summed E-state index contributed by atoms with van der Waals surface area (Å²) in [6, 6.07) is 5.65. The molecule has 0 aliphatic carbocycles. The average Bonchev–Trinajstić information content (AvgIpc) is 2.42. The topological polar surface area (TPSA) is 57.4 Å². The van der Waals surface area contributed by atoms with E-state index < -0.39 is 0 Å². The van der Waals surface area contributed by atoms with E-state index >= 15 is 0 Å². The Kier molecular flexibility index (Phi) is 3.90. The number of nitrogens with zero attached hydrogens (tertiary/aromatic N) is 1. The molecule has 1 heterocycles. The molecule has 0 aliphatic rings. The quantitative estimate of drug-likeness (QED) is 0.840. The highest BCUT2D eigenvalue weighted by atomic mass is 16.5. The molecule has 2 N–H and O–H groups in total. The molecule has 2 aromatic rings. The molecular formula is C15H20N2O2. The van der Waals surface area contributed by atoms with Gasteiger partial charge in [0.25, 0.3) is 0 Å². The second-order valence-electron chi connectivity index (χ2n) is 5.14. The summed E-state index contributed by atoms with van der Waals surface area (Å²) in [7, 11) is 1.71. The Balaban J connectivity index is 2.16. The summed E-state index contributed by atoms with van der Waals surface area (Å²) in [5.74, 6) is 0.809. The Bertz CT molecular complexity index is 567. The van der Waals surface area contributed by atoms with Crippen molar-refractivity contribution >= 4 is 16.5 Å². The molecule has 0 atom stereocenters. The molecular weight excluding hydrogens is 240 g/mol. The Morgan fingerprint density at radius 3 is 2.74 bits per heavy atom. The predicted molar refractivity (Wildman–Crippen MR) is 77.4 cm³/mol. The fourth-order valence-corrected chi connectivity index (χ4v) is 1.82. The van der Waals surface area contributed by atoms with Crippen molar-refractivity contribution in [2.24, 2.45) is 0 Å². The third-order valence-electron chi connectivity index (χ3n) is 3.33. The second kappa shape index (κ2) is 5.45. The van der Waals surface area contributed by atoms with Crippen molar-refractivity contribution in [1.29, 1.82) is 0 Å². The van der Waals surface area contributed by atoms with Gasteiger partial charge in [0.2, 0.25) is 0 Å². The van der Waals surface area contributed by atoms with Gasteiger partial charge in [0.05, 0.1) is 12.2 Å². The largest absolute Gasteiger partial charge is 0.493 e. The first-order valence-corrected chi connectivity index (χ1v) is 6.34. The highest BCUT2D eigenvalue weighted by molar-refractivity contribution is 5.96.